The van der Waals surface area contributed by atoms with Gasteiger partial charge < -0.3 is 15.2 Å². The van der Waals surface area contributed by atoms with Gasteiger partial charge in [-0.2, -0.15) is 0 Å². The fraction of sp³-hybridized carbons (Fsp3) is 0.455. The number of aromatic hydroxyl groups is 1. The summed E-state index contributed by atoms with van der Waals surface area (Å²) < 4.78 is 5.42. The van der Waals surface area contributed by atoms with Crippen LogP contribution in [0.3, 0.4) is 0 Å². The molecule has 0 aliphatic rings. The number of aryl methyl sites for hydroxylation is 1. The van der Waals surface area contributed by atoms with E-state index in [0.29, 0.717) is 6.61 Å². The van der Waals surface area contributed by atoms with E-state index in [-0.39, 0.29) is 5.75 Å². The number of hydrogen-bond donors (Lipinski definition) is 2. The summed E-state index contributed by atoms with van der Waals surface area (Å²) in [4.78, 5) is 0. The average Bonchev–Trinajstić information content (AvgIpc) is 2.19. The molecule has 0 unspecified atom stereocenters. The Labute approximate surface area is 84.7 Å². The van der Waals surface area contributed by atoms with Crippen LogP contribution in [0.4, 0.5) is 5.69 Å². The molecule has 0 aromatic heterocycles. The average molecular weight is 195 g/mol. The largest absolute Gasteiger partial charge is 0.506 e. The minimum absolute atomic E-state index is 0.230. The third-order valence-electron chi connectivity index (χ3n) is 2.13. The van der Waals surface area contributed by atoms with Crippen molar-refractivity contribution in [2.75, 3.05) is 19.0 Å². The Morgan fingerprint density at radius 1 is 1.36 bits per heavy atom. The summed E-state index contributed by atoms with van der Waals surface area (Å²) in [5.74, 6) is 1.000. The van der Waals surface area contributed by atoms with Gasteiger partial charge in [0.05, 0.1) is 12.3 Å². The molecule has 0 bridgehead atoms. The lowest BCUT2D eigenvalue weighted by molar-refractivity contribution is 0.334. The maximum atomic E-state index is 9.60. The first-order valence-electron chi connectivity index (χ1n) is 4.89. The van der Waals surface area contributed by atoms with Gasteiger partial charge in [-0.15, -0.1) is 0 Å². The van der Waals surface area contributed by atoms with Crippen molar-refractivity contribution in [3.05, 3.63) is 17.7 Å². The summed E-state index contributed by atoms with van der Waals surface area (Å²) in [5, 5.41) is 12.5. The van der Waals surface area contributed by atoms with Crippen LogP contribution in [0.15, 0.2) is 12.1 Å². The van der Waals surface area contributed by atoms with Crippen molar-refractivity contribution in [2.45, 2.75) is 20.3 Å². The number of benzene rings is 1. The summed E-state index contributed by atoms with van der Waals surface area (Å²) in [6.07, 6.45) is 0.893. The Morgan fingerprint density at radius 3 is 2.57 bits per heavy atom. The zero-order chi connectivity index (χ0) is 10.6. The van der Waals surface area contributed by atoms with Gasteiger partial charge in [-0.25, -0.2) is 0 Å². The van der Waals surface area contributed by atoms with E-state index in [4.69, 9.17) is 4.74 Å². The zero-order valence-electron chi connectivity index (χ0n) is 8.92. The Kier molecular flexibility index (Phi) is 3.63. The molecule has 1 aromatic rings. The molecule has 1 rings (SSSR count). The van der Waals surface area contributed by atoms with Gasteiger partial charge >= 0.3 is 0 Å². The maximum absolute atomic E-state index is 9.60. The normalized spacial score (nSPS) is 9.93. The van der Waals surface area contributed by atoms with E-state index in [1.54, 1.807) is 13.1 Å². The predicted octanol–water partition coefficient (Wildman–Crippen LogP) is 2.40. The predicted molar refractivity (Wildman–Crippen MR) is 58.2 cm³/mol. The van der Waals surface area contributed by atoms with Crippen LogP contribution >= 0.6 is 0 Å². The Morgan fingerprint density at radius 2 is 2.07 bits per heavy atom. The van der Waals surface area contributed by atoms with Crippen LogP contribution in [-0.4, -0.2) is 18.8 Å². The zero-order valence-corrected chi connectivity index (χ0v) is 8.92. The molecule has 0 radical (unpaired) electrons. The van der Waals surface area contributed by atoms with Crippen molar-refractivity contribution in [1.29, 1.82) is 0 Å². The summed E-state index contributed by atoms with van der Waals surface area (Å²) in [6, 6.07) is 3.58. The molecule has 0 spiro atoms. The topological polar surface area (TPSA) is 41.5 Å². The van der Waals surface area contributed by atoms with Gasteiger partial charge in [-0.1, -0.05) is 6.92 Å². The van der Waals surface area contributed by atoms with Gasteiger partial charge in [-0.3, -0.25) is 0 Å². The molecule has 0 atom stereocenters. The van der Waals surface area contributed by atoms with Gasteiger partial charge in [-0.05, 0) is 25.0 Å². The second kappa shape index (κ2) is 4.74. The first-order chi connectivity index (χ1) is 6.72. The van der Waals surface area contributed by atoms with Gasteiger partial charge in [0, 0.05) is 13.1 Å². The lowest BCUT2D eigenvalue weighted by Gasteiger charge is -2.12. The molecule has 0 fully saturated rings. The summed E-state index contributed by atoms with van der Waals surface area (Å²) in [5.41, 5.74) is 1.85. The highest BCUT2D eigenvalue weighted by Crippen LogP contribution is 2.32. The first-order valence-corrected chi connectivity index (χ1v) is 4.89. The van der Waals surface area contributed by atoms with Gasteiger partial charge in [0.2, 0.25) is 0 Å². The van der Waals surface area contributed by atoms with Crippen LogP contribution < -0.4 is 10.1 Å². The molecule has 0 amide bonds. The van der Waals surface area contributed by atoms with Gasteiger partial charge in [0.25, 0.3) is 0 Å². The van der Waals surface area contributed by atoms with E-state index >= 15 is 0 Å². The smallest absolute Gasteiger partial charge is 0.142 e. The molecule has 2 N–H and O–H groups in total. The van der Waals surface area contributed by atoms with E-state index in [0.717, 1.165) is 23.4 Å². The number of phenolic OH excluding ortho intramolecular Hbond substituents is 1. The highest BCUT2D eigenvalue weighted by molar-refractivity contribution is 5.61. The van der Waals surface area contributed by atoms with Crippen LogP contribution in [0, 0.1) is 0 Å². The number of nitrogens with one attached hydrogen (secondary N) is 1. The second-order valence-corrected chi connectivity index (χ2v) is 3.01. The lowest BCUT2D eigenvalue weighted by atomic mass is 10.1. The molecular weight excluding hydrogens is 178 g/mol. The van der Waals surface area contributed by atoms with Crippen molar-refractivity contribution in [2.24, 2.45) is 0 Å². The monoisotopic (exact) mass is 195 g/mol. The summed E-state index contributed by atoms with van der Waals surface area (Å²) >= 11 is 0. The first kappa shape index (κ1) is 10.7. The Balaban J connectivity index is 3.10. The van der Waals surface area contributed by atoms with Crippen molar-refractivity contribution in [3.8, 4) is 11.5 Å². The minimum Gasteiger partial charge on any atom is -0.506 e. The molecule has 1 aromatic carbocycles. The Hall–Kier alpha value is -1.38. The SMILES string of the molecule is CCOc1cc(O)c(NC)cc1CC. The molecule has 14 heavy (non-hydrogen) atoms. The van der Waals surface area contributed by atoms with E-state index in [1.807, 2.05) is 13.0 Å². The van der Waals surface area contributed by atoms with Crippen molar-refractivity contribution >= 4 is 5.69 Å². The molecule has 0 saturated carbocycles. The molecule has 0 heterocycles. The van der Waals surface area contributed by atoms with Crippen LogP contribution in [0.2, 0.25) is 0 Å². The molecule has 0 saturated heterocycles. The third kappa shape index (κ3) is 2.10. The van der Waals surface area contributed by atoms with Crippen LogP contribution in [0.25, 0.3) is 0 Å². The quantitative estimate of drug-likeness (QED) is 0.725. The van der Waals surface area contributed by atoms with E-state index in [2.05, 4.69) is 12.2 Å². The maximum Gasteiger partial charge on any atom is 0.142 e. The molecule has 0 aliphatic heterocycles. The number of hydrogen-bond acceptors (Lipinski definition) is 3. The van der Waals surface area contributed by atoms with Gasteiger partial charge in [0.1, 0.15) is 11.5 Å². The number of ether oxygens (including phenoxy) is 1. The van der Waals surface area contributed by atoms with E-state index < -0.39 is 0 Å². The Bertz CT molecular complexity index is 310. The number of phenols is 1. The minimum atomic E-state index is 0.230. The fourth-order valence-corrected chi connectivity index (χ4v) is 1.38. The van der Waals surface area contributed by atoms with Crippen LogP contribution in [-0.2, 0) is 6.42 Å². The number of anilines is 1. The summed E-state index contributed by atoms with van der Waals surface area (Å²) in [7, 11) is 1.79. The van der Waals surface area contributed by atoms with Crippen molar-refractivity contribution in [3.63, 3.8) is 0 Å². The van der Waals surface area contributed by atoms with E-state index in [9.17, 15) is 5.11 Å². The third-order valence-corrected chi connectivity index (χ3v) is 2.13. The summed E-state index contributed by atoms with van der Waals surface area (Å²) in [6.45, 7) is 4.61. The molecular formula is C11H17NO2. The standard InChI is InChI=1S/C11H17NO2/c1-4-8-6-9(12-3)10(13)7-11(8)14-5-2/h6-7,12-13H,4-5H2,1-3H3. The highest BCUT2D eigenvalue weighted by atomic mass is 16.5. The molecule has 0 aliphatic carbocycles. The van der Waals surface area contributed by atoms with E-state index in [1.165, 1.54) is 0 Å². The van der Waals surface area contributed by atoms with Crippen molar-refractivity contribution < 1.29 is 9.84 Å². The fourth-order valence-electron chi connectivity index (χ4n) is 1.38. The highest BCUT2D eigenvalue weighted by Gasteiger charge is 2.07. The molecule has 78 valence electrons. The van der Waals surface area contributed by atoms with Crippen LogP contribution in [0.1, 0.15) is 19.4 Å². The number of rotatable bonds is 4. The second-order valence-electron chi connectivity index (χ2n) is 3.01. The van der Waals surface area contributed by atoms with Crippen LogP contribution in [0.5, 0.6) is 11.5 Å². The van der Waals surface area contributed by atoms with Gasteiger partial charge in [0.15, 0.2) is 0 Å². The lowest BCUT2D eigenvalue weighted by Crippen LogP contribution is -1.98. The van der Waals surface area contributed by atoms with Crippen molar-refractivity contribution in [1.82, 2.24) is 0 Å². The molecule has 3 nitrogen and oxygen atoms in total. The molecule has 3 heteroatoms.